The van der Waals surface area contributed by atoms with E-state index < -0.39 is 15.9 Å². The van der Waals surface area contributed by atoms with E-state index >= 15 is 0 Å². The van der Waals surface area contributed by atoms with E-state index in [0.29, 0.717) is 30.0 Å². The molecule has 7 nitrogen and oxygen atoms in total. The van der Waals surface area contributed by atoms with Gasteiger partial charge < -0.3 is 10.6 Å². The number of carbonyl (C=O) groups excluding carboxylic acids is 2. The molecule has 2 aliphatic rings. The SMILES string of the molecule is O=C(Nc1ccc2c(c1)C(=O)NC2)c1cccc(S(=O)(=O)N2CCCc3ccccc32)c1. The number of para-hydroxylation sites is 1. The van der Waals surface area contributed by atoms with Crippen molar-refractivity contribution in [3.8, 4) is 0 Å². The van der Waals surface area contributed by atoms with E-state index in [9.17, 15) is 18.0 Å². The molecule has 0 spiro atoms. The van der Waals surface area contributed by atoms with Gasteiger partial charge in [0, 0.05) is 29.9 Å². The second-order valence-electron chi connectivity index (χ2n) is 7.85. The Balaban J connectivity index is 1.42. The zero-order chi connectivity index (χ0) is 22.3. The summed E-state index contributed by atoms with van der Waals surface area (Å²) in [6.45, 7) is 0.870. The van der Waals surface area contributed by atoms with Crippen LogP contribution in [0.15, 0.2) is 71.6 Å². The van der Waals surface area contributed by atoms with E-state index in [1.165, 1.54) is 16.4 Å². The number of nitrogens with zero attached hydrogens (tertiary/aromatic N) is 1. The summed E-state index contributed by atoms with van der Waals surface area (Å²) in [6, 6.07) is 18.7. The molecule has 0 atom stereocenters. The molecule has 2 amide bonds. The summed E-state index contributed by atoms with van der Waals surface area (Å²) in [5.74, 6) is -0.620. The average molecular weight is 448 g/mol. The molecule has 2 heterocycles. The highest BCUT2D eigenvalue weighted by Gasteiger charge is 2.29. The van der Waals surface area contributed by atoms with E-state index in [2.05, 4.69) is 10.6 Å². The van der Waals surface area contributed by atoms with E-state index in [0.717, 1.165) is 24.0 Å². The number of fused-ring (bicyclic) bond motifs is 2. The van der Waals surface area contributed by atoms with Crippen molar-refractivity contribution < 1.29 is 18.0 Å². The number of amides is 2. The highest BCUT2D eigenvalue weighted by molar-refractivity contribution is 7.92. The molecular weight excluding hydrogens is 426 g/mol. The highest BCUT2D eigenvalue weighted by Crippen LogP contribution is 2.32. The van der Waals surface area contributed by atoms with Crippen LogP contribution in [-0.4, -0.2) is 26.8 Å². The molecule has 0 aliphatic carbocycles. The van der Waals surface area contributed by atoms with Gasteiger partial charge in [-0.1, -0.05) is 30.3 Å². The number of anilines is 2. The van der Waals surface area contributed by atoms with Crippen LogP contribution < -0.4 is 14.9 Å². The molecule has 32 heavy (non-hydrogen) atoms. The van der Waals surface area contributed by atoms with E-state index in [1.54, 1.807) is 30.3 Å². The summed E-state index contributed by atoms with van der Waals surface area (Å²) in [7, 11) is -3.82. The summed E-state index contributed by atoms with van der Waals surface area (Å²) in [5, 5.41) is 5.49. The number of nitrogens with one attached hydrogen (secondary N) is 2. The molecule has 2 N–H and O–H groups in total. The zero-order valence-corrected chi connectivity index (χ0v) is 18.0. The van der Waals surface area contributed by atoms with Crippen molar-refractivity contribution in [1.82, 2.24) is 5.32 Å². The molecule has 3 aromatic rings. The monoisotopic (exact) mass is 447 g/mol. The summed E-state index contributed by atoms with van der Waals surface area (Å²) >= 11 is 0. The molecule has 0 aromatic heterocycles. The fraction of sp³-hybridized carbons (Fsp3) is 0.167. The van der Waals surface area contributed by atoms with Crippen LogP contribution in [0.4, 0.5) is 11.4 Å². The van der Waals surface area contributed by atoms with Crippen molar-refractivity contribution in [2.24, 2.45) is 0 Å². The Labute approximate surface area is 186 Å². The summed E-state index contributed by atoms with van der Waals surface area (Å²) in [6.07, 6.45) is 1.58. The van der Waals surface area contributed by atoms with Crippen molar-refractivity contribution in [1.29, 1.82) is 0 Å². The van der Waals surface area contributed by atoms with Crippen molar-refractivity contribution >= 4 is 33.2 Å². The van der Waals surface area contributed by atoms with Gasteiger partial charge in [0.25, 0.3) is 21.8 Å². The van der Waals surface area contributed by atoms with Crippen molar-refractivity contribution in [3.05, 3.63) is 89.0 Å². The van der Waals surface area contributed by atoms with Crippen LogP contribution in [0.2, 0.25) is 0 Å². The molecular formula is C24H21N3O4S. The molecule has 0 bridgehead atoms. The summed E-state index contributed by atoms with van der Waals surface area (Å²) in [5.41, 5.74) is 3.79. The van der Waals surface area contributed by atoms with Crippen molar-refractivity contribution in [2.75, 3.05) is 16.2 Å². The summed E-state index contributed by atoms with van der Waals surface area (Å²) in [4.78, 5) is 24.8. The average Bonchev–Trinajstić information content (AvgIpc) is 3.19. The first-order valence-electron chi connectivity index (χ1n) is 10.4. The van der Waals surface area contributed by atoms with Gasteiger partial charge in [-0.05, 0) is 60.4 Å². The lowest BCUT2D eigenvalue weighted by Crippen LogP contribution is -2.35. The predicted molar refractivity (Wildman–Crippen MR) is 121 cm³/mol. The third-order valence-corrected chi connectivity index (χ3v) is 7.61. The van der Waals surface area contributed by atoms with E-state index in [-0.39, 0.29) is 16.4 Å². The minimum atomic E-state index is -3.82. The molecule has 0 radical (unpaired) electrons. The van der Waals surface area contributed by atoms with Crippen LogP contribution in [0.25, 0.3) is 0 Å². The topological polar surface area (TPSA) is 95.6 Å². The molecule has 0 saturated carbocycles. The quantitative estimate of drug-likeness (QED) is 0.641. The molecule has 0 saturated heterocycles. The van der Waals surface area contributed by atoms with Gasteiger partial charge >= 0.3 is 0 Å². The van der Waals surface area contributed by atoms with Gasteiger partial charge in [0.05, 0.1) is 10.6 Å². The minimum absolute atomic E-state index is 0.0650. The Hall–Kier alpha value is -3.65. The number of hydrogen-bond acceptors (Lipinski definition) is 4. The second kappa shape index (κ2) is 7.80. The molecule has 8 heteroatoms. The lowest BCUT2D eigenvalue weighted by Gasteiger charge is -2.30. The molecule has 2 aliphatic heterocycles. The third kappa shape index (κ3) is 3.52. The maximum atomic E-state index is 13.4. The Morgan fingerprint density at radius 1 is 0.969 bits per heavy atom. The van der Waals surface area contributed by atoms with Crippen molar-refractivity contribution in [3.63, 3.8) is 0 Å². The first-order valence-corrected chi connectivity index (χ1v) is 11.8. The highest BCUT2D eigenvalue weighted by atomic mass is 32.2. The van der Waals surface area contributed by atoms with Gasteiger partial charge in [0.2, 0.25) is 0 Å². The Morgan fingerprint density at radius 2 is 1.81 bits per heavy atom. The maximum Gasteiger partial charge on any atom is 0.264 e. The van der Waals surface area contributed by atoms with E-state index in [4.69, 9.17) is 0 Å². The van der Waals surface area contributed by atoms with Gasteiger partial charge in [-0.3, -0.25) is 13.9 Å². The van der Waals surface area contributed by atoms with Crippen LogP contribution in [0, 0.1) is 0 Å². The lowest BCUT2D eigenvalue weighted by molar-refractivity contribution is 0.0964. The number of aryl methyl sites for hydroxylation is 1. The molecule has 0 unspecified atom stereocenters. The third-order valence-electron chi connectivity index (χ3n) is 5.80. The zero-order valence-electron chi connectivity index (χ0n) is 17.2. The maximum absolute atomic E-state index is 13.4. The second-order valence-corrected chi connectivity index (χ2v) is 9.71. The van der Waals surface area contributed by atoms with Crippen LogP contribution in [-0.2, 0) is 23.0 Å². The first kappa shape index (κ1) is 20.3. The van der Waals surface area contributed by atoms with Crippen LogP contribution >= 0.6 is 0 Å². The summed E-state index contributed by atoms with van der Waals surface area (Å²) < 4.78 is 28.2. The van der Waals surface area contributed by atoms with Gasteiger partial charge in [-0.2, -0.15) is 0 Å². The molecule has 162 valence electrons. The van der Waals surface area contributed by atoms with Gasteiger partial charge in [0.1, 0.15) is 0 Å². The van der Waals surface area contributed by atoms with Crippen LogP contribution in [0.3, 0.4) is 0 Å². The standard InChI is InChI=1S/C24H21N3O4S/c28-23(26-19-11-10-18-15-25-24(29)21(18)14-19)17-6-3-8-20(13-17)32(30,31)27-12-4-7-16-5-1-2-9-22(16)27/h1-3,5-6,8-11,13-14H,4,7,12,15H2,(H,25,29)(H,26,28). The fourth-order valence-electron chi connectivity index (χ4n) is 4.17. The van der Waals surface area contributed by atoms with Crippen LogP contribution in [0.1, 0.15) is 38.3 Å². The van der Waals surface area contributed by atoms with Gasteiger partial charge in [0.15, 0.2) is 0 Å². The van der Waals surface area contributed by atoms with Gasteiger partial charge in [-0.25, -0.2) is 8.42 Å². The normalized spacial score (nSPS) is 15.0. The first-order chi connectivity index (χ1) is 15.4. The number of benzene rings is 3. The Kier molecular flexibility index (Phi) is 4.94. The number of carbonyl (C=O) groups is 2. The van der Waals surface area contributed by atoms with Gasteiger partial charge in [-0.15, -0.1) is 0 Å². The predicted octanol–water partition coefficient (Wildman–Crippen LogP) is 3.32. The lowest BCUT2D eigenvalue weighted by atomic mass is 10.0. The molecule has 3 aromatic carbocycles. The fourth-order valence-corrected chi connectivity index (χ4v) is 5.75. The van der Waals surface area contributed by atoms with Crippen LogP contribution in [0.5, 0.6) is 0 Å². The molecule has 0 fully saturated rings. The number of hydrogen-bond donors (Lipinski definition) is 2. The number of rotatable bonds is 4. The Bertz CT molecular complexity index is 1350. The Morgan fingerprint density at radius 3 is 2.69 bits per heavy atom. The van der Waals surface area contributed by atoms with E-state index in [1.807, 2.05) is 24.3 Å². The van der Waals surface area contributed by atoms with Crippen molar-refractivity contribution in [2.45, 2.75) is 24.3 Å². The number of sulfonamides is 1. The smallest absolute Gasteiger partial charge is 0.264 e. The minimum Gasteiger partial charge on any atom is -0.348 e. The largest absolute Gasteiger partial charge is 0.348 e. The molecule has 5 rings (SSSR count).